The summed E-state index contributed by atoms with van der Waals surface area (Å²) < 4.78 is 12.3. The molecule has 37 heavy (non-hydrogen) atoms. The normalized spacial score (nSPS) is 19.4. The van der Waals surface area contributed by atoms with Crippen molar-refractivity contribution < 1.29 is 23.9 Å². The number of amides is 1. The van der Waals surface area contributed by atoms with Crippen LogP contribution in [0, 0.1) is 18.8 Å². The van der Waals surface area contributed by atoms with Gasteiger partial charge in [-0.2, -0.15) is 0 Å². The van der Waals surface area contributed by atoms with E-state index in [1.54, 1.807) is 61.1 Å². The molecule has 0 radical (unpaired) electrons. The second kappa shape index (κ2) is 11.4. The number of halogens is 1. The first-order valence-corrected chi connectivity index (χ1v) is 13.0. The van der Waals surface area contributed by atoms with Crippen molar-refractivity contribution in [3.63, 3.8) is 0 Å². The number of aromatic nitrogens is 1. The highest BCUT2D eigenvalue weighted by atomic mass is 35.5. The number of nitrogens with one attached hydrogen (secondary N) is 1. The van der Waals surface area contributed by atoms with E-state index in [0.29, 0.717) is 50.3 Å². The van der Waals surface area contributed by atoms with Crippen molar-refractivity contribution in [2.45, 2.75) is 52.5 Å². The highest BCUT2D eigenvalue weighted by Gasteiger charge is 2.28. The number of methoxy groups -OCH3 is 1. The van der Waals surface area contributed by atoms with Crippen LogP contribution >= 0.6 is 11.6 Å². The van der Waals surface area contributed by atoms with Gasteiger partial charge in [0.25, 0.3) is 11.8 Å². The van der Waals surface area contributed by atoms with Gasteiger partial charge in [0.2, 0.25) is 0 Å². The lowest BCUT2D eigenvalue weighted by molar-refractivity contribution is -0.148. The molecule has 0 saturated heterocycles. The Morgan fingerprint density at radius 3 is 2.51 bits per heavy atom. The highest BCUT2D eigenvalue weighted by Crippen LogP contribution is 2.31. The number of carbonyl (C=O) groups excluding carboxylic acids is 3. The molecule has 4 rings (SSSR count). The van der Waals surface area contributed by atoms with Crippen molar-refractivity contribution in [1.29, 1.82) is 0 Å². The van der Waals surface area contributed by atoms with Gasteiger partial charge in [-0.1, -0.05) is 38.3 Å². The molecule has 1 aliphatic carbocycles. The molecule has 2 aromatic carbocycles. The monoisotopic (exact) mass is 524 g/mol. The van der Waals surface area contributed by atoms with Crippen LogP contribution in [-0.2, 0) is 20.7 Å². The van der Waals surface area contributed by atoms with E-state index in [1.807, 2.05) is 0 Å². The predicted octanol–water partition coefficient (Wildman–Crippen LogP) is 5.33. The fourth-order valence-corrected chi connectivity index (χ4v) is 5.30. The summed E-state index contributed by atoms with van der Waals surface area (Å²) in [6, 6.07) is 12.1. The van der Waals surface area contributed by atoms with Gasteiger partial charge in [-0.3, -0.25) is 19.0 Å². The number of ether oxygens (including phenoxy) is 2. The van der Waals surface area contributed by atoms with E-state index in [2.05, 4.69) is 19.2 Å². The van der Waals surface area contributed by atoms with Crippen LogP contribution in [0.3, 0.4) is 0 Å². The average Bonchev–Trinajstić information content (AvgIpc) is 3.15. The van der Waals surface area contributed by atoms with Gasteiger partial charge in [-0.25, -0.2) is 0 Å². The van der Waals surface area contributed by atoms with Gasteiger partial charge in [0.1, 0.15) is 5.75 Å². The first-order valence-electron chi connectivity index (χ1n) is 12.6. The molecule has 1 aliphatic rings. The minimum absolute atomic E-state index is 0.0828. The molecule has 3 aromatic rings. The zero-order valence-electron chi connectivity index (χ0n) is 21.7. The molecule has 0 bridgehead atoms. The van der Waals surface area contributed by atoms with Crippen LogP contribution in [0.2, 0.25) is 5.02 Å². The van der Waals surface area contributed by atoms with Gasteiger partial charge < -0.3 is 14.8 Å². The minimum atomic E-state index is -0.538. The van der Waals surface area contributed by atoms with Gasteiger partial charge in [0.15, 0.2) is 6.61 Å². The van der Waals surface area contributed by atoms with Crippen LogP contribution < -0.4 is 10.1 Å². The SMILES string of the molecule is COc1ccc2c(c1)c(CC(=O)OCC(=O)N[C@@H]1CCC[C@H](C)[C@H]1C)c(C)n2C(=O)c1ccc(Cl)cc1. The van der Waals surface area contributed by atoms with Gasteiger partial charge in [0, 0.05) is 27.7 Å². The molecule has 1 amide bonds. The molecule has 7 nitrogen and oxygen atoms in total. The molecule has 1 aromatic heterocycles. The molecular weight excluding hydrogens is 492 g/mol. The molecule has 1 N–H and O–H groups in total. The van der Waals surface area contributed by atoms with Crippen molar-refractivity contribution in [2.75, 3.05) is 13.7 Å². The topological polar surface area (TPSA) is 86.6 Å². The molecule has 196 valence electrons. The third-order valence-corrected chi connectivity index (χ3v) is 7.83. The van der Waals surface area contributed by atoms with E-state index >= 15 is 0 Å². The average molecular weight is 525 g/mol. The molecule has 3 atom stereocenters. The number of esters is 1. The molecule has 0 aliphatic heterocycles. The molecular formula is C29H33ClN2O5. The number of hydrogen-bond donors (Lipinski definition) is 1. The molecule has 1 saturated carbocycles. The number of rotatable bonds is 7. The summed E-state index contributed by atoms with van der Waals surface area (Å²) in [6.07, 6.45) is 3.10. The fourth-order valence-electron chi connectivity index (χ4n) is 5.17. The summed E-state index contributed by atoms with van der Waals surface area (Å²) >= 11 is 5.99. The van der Waals surface area contributed by atoms with Crippen LogP contribution in [0.15, 0.2) is 42.5 Å². The summed E-state index contributed by atoms with van der Waals surface area (Å²) in [6.45, 7) is 5.82. The van der Waals surface area contributed by atoms with E-state index in [-0.39, 0.29) is 30.9 Å². The second-order valence-electron chi connectivity index (χ2n) is 9.87. The van der Waals surface area contributed by atoms with Crippen molar-refractivity contribution in [3.8, 4) is 5.75 Å². The third kappa shape index (κ3) is 5.82. The van der Waals surface area contributed by atoms with Crippen LogP contribution in [0.25, 0.3) is 10.9 Å². The van der Waals surface area contributed by atoms with Crippen LogP contribution in [0.4, 0.5) is 0 Å². The number of nitrogens with zero attached hydrogens (tertiary/aromatic N) is 1. The number of fused-ring (bicyclic) bond motifs is 1. The lowest BCUT2D eigenvalue weighted by Gasteiger charge is -2.34. The van der Waals surface area contributed by atoms with Crippen molar-refractivity contribution in [3.05, 3.63) is 64.3 Å². The Morgan fingerprint density at radius 2 is 1.81 bits per heavy atom. The second-order valence-corrected chi connectivity index (χ2v) is 10.3. The van der Waals surface area contributed by atoms with Crippen molar-refractivity contribution >= 4 is 40.3 Å². The standard InChI is InChI=1S/C29H33ClN2O5/c1-17-6-5-7-25(18(17)2)31-27(33)16-37-28(34)15-23-19(3)32(26-13-12-22(36-4)14-24(23)26)29(35)20-8-10-21(30)11-9-20/h8-14,17-18,25H,5-7,15-16H2,1-4H3,(H,31,33)/t17-,18+,25+/m0/s1. The zero-order valence-corrected chi connectivity index (χ0v) is 22.4. The number of hydrogen-bond acceptors (Lipinski definition) is 5. The molecule has 1 fully saturated rings. The maximum atomic E-state index is 13.4. The van der Waals surface area contributed by atoms with Crippen LogP contribution in [0.5, 0.6) is 5.75 Å². The van der Waals surface area contributed by atoms with E-state index in [0.717, 1.165) is 12.8 Å². The molecule has 0 unspecified atom stereocenters. The predicted molar refractivity (Wildman–Crippen MR) is 143 cm³/mol. The largest absolute Gasteiger partial charge is 0.497 e. The van der Waals surface area contributed by atoms with Gasteiger partial charge >= 0.3 is 5.97 Å². The molecule has 8 heteroatoms. The van der Waals surface area contributed by atoms with E-state index in [4.69, 9.17) is 21.1 Å². The van der Waals surface area contributed by atoms with Crippen LogP contribution in [-0.4, -0.2) is 42.1 Å². The summed E-state index contributed by atoms with van der Waals surface area (Å²) in [5, 5.41) is 4.28. The maximum absolute atomic E-state index is 13.4. The van der Waals surface area contributed by atoms with Crippen molar-refractivity contribution in [2.24, 2.45) is 11.8 Å². The summed E-state index contributed by atoms with van der Waals surface area (Å²) in [7, 11) is 1.56. The first-order chi connectivity index (χ1) is 17.7. The summed E-state index contributed by atoms with van der Waals surface area (Å²) in [4.78, 5) is 38.7. The Bertz CT molecular complexity index is 1310. The fraction of sp³-hybridized carbons (Fsp3) is 0.414. The Labute approximate surface area is 222 Å². The summed E-state index contributed by atoms with van der Waals surface area (Å²) in [5.74, 6) is 0.472. The van der Waals surface area contributed by atoms with Crippen LogP contribution in [0.1, 0.15) is 54.7 Å². The third-order valence-electron chi connectivity index (χ3n) is 7.57. The van der Waals surface area contributed by atoms with Gasteiger partial charge in [-0.15, -0.1) is 0 Å². The Kier molecular flexibility index (Phi) is 8.22. The lowest BCUT2D eigenvalue weighted by atomic mass is 9.78. The lowest BCUT2D eigenvalue weighted by Crippen LogP contribution is -2.45. The maximum Gasteiger partial charge on any atom is 0.310 e. The van der Waals surface area contributed by atoms with Crippen molar-refractivity contribution in [1.82, 2.24) is 9.88 Å². The highest BCUT2D eigenvalue weighted by molar-refractivity contribution is 6.30. The molecule has 0 spiro atoms. The summed E-state index contributed by atoms with van der Waals surface area (Å²) in [5.41, 5.74) is 2.39. The Balaban J connectivity index is 1.52. The van der Waals surface area contributed by atoms with E-state index < -0.39 is 5.97 Å². The number of carbonyl (C=O) groups is 3. The minimum Gasteiger partial charge on any atom is -0.497 e. The number of benzene rings is 2. The van der Waals surface area contributed by atoms with E-state index in [9.17, 15) is 14.4 Å². The van der Waals surface area contributed by atoms with Gasteiger partial charge in [-0.05, 0) is 73.2 Å². The molecule has 1 heterocycles. The zero-order chi connectivity index (χ0) is 26.7. The first kappa shape index (κ1) is 26.7. The van der Waals surface area contributed by atoms with Gasteiger partial charge in [0.05, 0.1) is 19.0 Å². The smallest absolute Gasteiger partial charge is 0.310 e. The quantitative estimate of drug-likeness (QED) is 0.422. The van der Waals surface area contributed by atoms with E-state index in [1.165, 1.54) is 6.42 Å². The Hall–Kier alpha value is -3.32. The Morgan fingerprint density at radius 1 is 1.08 bits per heavy atom.